The molecule has 0 spiro atoms. The quantitative estimate of drug-likeness (QED) is 0.408. The van der Waals surface area contributed by atoms with Crippen molar-refractivity contribution in [2.45, 2.75) is 26.4 Å². The van der Waals surface area contributed by atoms with Gasteiger partial charge in [0.25, 0.3) is 0 Å². The summed E-state index contributed by atoms with van der Waals surface area (Å²) < 4.78 is 4.73. The van der Waals surface area contributed by atoms with Gasteiger partial charge in [-0.2, -0.15) is 0 Å². The summed E-state index contributed by atoms with van der Waals surface area (Å²) in [7, 11) is 1.07. The molecular weight excluding hydrogens is 201 g/mol. The average Bonchev–Trinajstić information content (AvgIpc) is 1.82. The summed E-state index contributed by atoms with van der Waals surface area (Å²) in [5, 5.41) is 10.1. The Labute approximate surface area is 120 Å². The second-order valence-electron chi connectivity index (χ2n) is 3.31. The van der Waals surface area contributed by atoms with E-state index in [0.717, 1.165) is 7.05 Å². The van der Waals surface area contributed by atoms with Crippen molar-refractivity contribution in [3.8, 4) is 0 Å². The Morgan fingerprint density at radius 1 is 1.31 bits per heavy atom. The van der Waals surface area contributed by atoms with Crippen LogP contribution in [-0.2, 0) is 4.74 Å². The topological polar surface area (TPSA) is 69.7 Å². The smallest absolute Gasteiger partial charge is 0.529 e. The van der Waals surface area contributed by atoms with Gasteiger partial charge in [-0.05, 0) is 20.8 Å². The van der Waals surface area contributed by atoms with Crippen molar-refractivity contribution in [2.24, 2.45) is 0 Å². The van der Waals surface area contributed by atoms with Crippen LogP contribution in [-0.4, -0.2) is 29.7 Å². The molecule has 0 heterocycles. The number of rotatable bonds is 0. The van der Waals surface area contributed by atoms with Gasteiger partial charge in [0.2, 0.25) is 0 Å². The molecule has 0 aliphatic rings. The first kappa shape index (κ1) is 15.8. The molecule has 0 aromatic heterocycles. The summed E-state index contributed by atoms with van der Waals surface area (Å²) >= 11 is 0. The van der Waals surface area contributed by atoms with Crippen LogP contribution < -0.4 is 56.5 Å². The zero-order chi connectivity index (χ0) is 9.94. The third-order valence-electron chi connectivity index (χ3n) is 0.941. The second-order valence-corrected chi connectivity index (χ2v) is 3.31. The van der Waals surface area contributed by atoms with Gasteiger partial charge in [-0.1, -0.05) is 0 Å². The fourth-order valence-electron chi connectivity index (χ4n) is 0.405. The molecule has 0 radical (unpaired) electrons. The van der Waals surface area contributed by atoms with Gasteiger partial charge in [0.05, 0.1) is 0 Å². The summed E-state index contributed by atoms with van der Waals surface area (Å²) in [6.07, 6.45) is -2.51. The Morgan fingerprint density at radius 3 is 1.92 bits per heavy atom. The van der Waals surface area contributed by atoms with E-state index in [1.807, 2.05) is 0 Å². The Bertz CT molecular complexity index is 199. The molecule has 5 nitrogen and oxygen atoms in total. The summed E-state index contributed by atoms with van der Waals surface area (Å²) in [6.45, 7) is 4.94. The van der Waals surface area contributed by atoms with Crippen molar-refractivity contribution in [3.05, 3.63) is 0 Å². The number of carboxylic acid groups (broad SMARTS) is 1. The van der Waals surface area contributed by atoms with Gasteiger partial charge >= 0.3 is 57.5 Å². The van der Waals surface area contributed by atoms with E-state index in [0.29, 0.717) is 4.90 Å². The minimum atomic E-state index is -1.58. The van der Waals surface area contributed by atoms with Gasteiger partial charge in [-0.3, -0.25) is 4.90 Å². The molecule has 13 heavy (non-hydrogen) atoms. The standard InChI is InChI=1S/C7H13NO4.K/c1-7(2,3)12-6(11)8(4)5(9)10;/h1-4H3,(H,9,10);/q;+1/p-1. The number of carbonyl (C=O) groups excluding carboxylic acids is 2. The third-order valence-corrected chi connectivity index (χ3v) is 0.941. The van der Waals surface area contributed by atoms with Crippen LogP contribution in [0.2, 0.25) is 0 Å². The first-order valence-corrected chi connectivity index (χ1v) is 3.42. The van der Waals surface area contributed by atoms with Crippen LogP contribution in [0.15, 0.2) is 0 Å². The van der Waals surface area contributed by atoms with E-state index in [1.54, 1.807) is 20.8 Å². The van der Waals surface area contributed by atoms with Crippen LogP contribution >= 0.6 is 0 Å². The van der Waals surface area contributed by atoms with E-state index in [-0.39, 0.29) is 51.4 Å². The molecule has 0 aromatic rings. The molecule has 0 aliphatic carbocycles. The Balaban J connectivity index is 0. The van der Waals surface area contributed by atoms with E-state index >= 15 is 0 Å². The van der Waals surface area contributed by atoms with Crippen molar-refractivity contribution in [3.63, 3.8) is 0 Å². The van der Waals surface area contributed by atoms with Gasteiger partial charge < -0.3 is 14.6 Å². The van der Waals surface area contributed by atoms with Crippen LogP contribution in [0, 0.1) is 0 Å². The normalized spacial score (nSPS) is 9.85. The molecular formula is C7H12KNO4. The van der Waals surface area contributed by atoms with Crippen LogP contribution in [0.3, 0.4) is 0 Å². The fraction of sp³-hybridized carbons (Fsp3) is 0.714. The molecule has 0 atom stereocenters. The maximum absolute atomic E-state index is 10.9. The summed E-state index contributed by atoms with van der Waals surface area (Å²) in [5.74, 6) is 0. The number of amides is 2. The van der Waals surface area contributed by atoms with Gasteiger partial charge in [-0.25, -0.2) is 4.79 Å². The molecule has 0 aromatic carbocycles. The predicted octanol–water partition coefficient (Wildman–Crippen LogP) is -2.80. The monoisotopic (exact) mass is 213 g/mol. The summed E-state index contributed by atoms with van der Waals surface area (Å²) in [4.78, 5) is 21.4. The third kappa shape index (κ3) is 7.45. The number of hydrogen-bond donors (Lipinski definition) is 0. The minimum Gasteiger partial charge on any atom is -0.529 e. The largest absolute Gasteiger partial charge is 1.00 e. The first-order chi connectivity index (χ1) is 5.24. The van der Waals surface area contributed by atoms with Gasteiger partial charge in [0.15, 0.2) is 0 Å². The number of imide groups is 1. The zero-order valence-electron chi connectivity index (χ0n) is 8.58. The molecule has 0 aliphatic heterocycles. The van der Waals surface area contributed by atoms with E-state index < -0.39 is 17.8 Å². The maximum atomic E-state index is 10.9. The Morgan fingerprint density at radius 2 is 1.69 bits per heavy atom. The van der Waals surface area contributed by atoms with Gasteiger partial charge in [-0.15, -0.1) is 0 Å². The zero-order valence-corrected chi connectivity index (χ0v) is 11.7. The number of carbonyl (C=O) groups is 2. The van der Waals surface area contributed by atoms with E-state index in [4.69, 9.17) is 4.74 Å². The van der Waals surface area contributed by atoms with Crippen molar-refractivity contribution >= 4 is 12.2 Å². The minimum absolute atomic E-state index is 0. The van der Waals surface area contributed by atoms with Crippen molar-refractivity contribution in [1.29, 1.82) is 0 Å². The Kier molecular flexibility index (Phi) is 7.27. The molecule has 0 unspecified atom stereocenters. The average molecular weight is 213 g/mol. The van der Waals surface area contributed by atoms with E-state index in [1.165, 1.54) is 0 Å². The molecule has 70 valence electrons. The van der Waals surface area contributed by atoms with Crippen LogP contribution in [0.25, 0.3) is 0 Å². The number of hydrogen-bond acceptors (Lipinski definition) is 4. The molecule has 0 N–H and O–H groups in total. The maximum Gasteiger partial charge on any atom is 1.00 e. The van der Waals surface area contributed by atoms with Crippen LogP contribution in [0.5, 0.6) is 0 Å². The molecule has 0 fully saturated rings. The molecule has 6 heteroatoms. The number of nitrogens with zero attached hydrogens (tertiary/aromatic N) is 1. The fourth-order valence-corrected chi connectivity index (χ4v) is 0.405. The molecule has 0 saturated heterocycles. The van der Waals surface area contributed by atoms with Crippen molar-refractivity contribution in [1.82, 2.24) is 4.90 Å². The SMILES string of the molecule is CN(C(=O)[O-])C(=O)OC(C)(C)C.[K+]. The van der Waals surface area contributed by atoms with Gasteiger partial charge in [0.1, 0.15) is 11.7 Å². The molecule has 0 bridgehead atoms. The second kappa shape index (κ2) is 5.97. The van der Waals surface area contributed by atoms with Crippen molar-refractivity contribution < 1.29 is 70.8 Å². The van der Waals surface area contributed by atoms with Crippen LogP contribution in [0.4, 0.5) is 9.59 Å². The molecule has 0 rings (SSSR count). The number of ether oxygens (including phenoxy) is 1. The summed E-state index contributed by atoms with van der Waals surface area (Å²) in [6, 6.07) is 0. The van der Waals surface area contributed by atoms with Crippen molar-refractivity contribution in [2.75, 3.05) is 7.05 Å². The van der Waals surface area contributed by atoms with E-state index in [2.05, 4.69) is 0 Å². The predicted molar refractivity (Wildman–Crippen MR) is 39.4 cm³/mol. The Hall–Kier alpha value is 0.376. The first-order valence-electron chi connectivity index (χ1n) is 3.42. The van der Waals surface area contributed by atoms with Gasteiger partial charge in [0, 0.05) is 7.05 Å². The summed E-state index contributed by atoms with van der Waals surface area (Å²) in [5.41, 5.74) is -0.694. The molecule has 2 amide bonds. The van der Waals surface area contributed by atoms with E-state index in [9.17, 15) is 14.7 Å². The molecule has 0 saturated carbocycles. The van der Waals surface area contributed by atoms with Crippen LogP contribution in [0.1, 0.15) is 20.8 Å².